The van der Waals surface area contributed by atoms with Gasteiger partial charge < -0.3 is 38.8 Å². The topological polar surface area (TPSA) is 59.9 Å². The monoisotopic (exact) mass is 447 g/mol. The fourth-order valence-corrected chi connectivity index (χ4v) is 2.72. The van der Waals surface area contributed by atoms with Crippen LogP contribution in [0.3, 0.4) is 0 Å². The number of thioether (sulfide) groups is 1. The predicted octanol–water partition coefficient (Wildman–Crippen LogP) is -0.100. The minimum absolute atomic E-state index is 0. The molecule has 0 spiro atoms. The fourth-order valence-electron chi connectivity index (χ4n) is 2.25. The molecule has 5 nitrogen and oxygen atoms in total. The van der Waals surface area contributed by atoms with Gasteiger partial charge in [-0.25, -0.2) is 9.79 Å². The highest BCUT2D eigenvalue weighted by Crippen LogP contribution is 2.33. The lowest BCUT2D eigenvalue weighted by Gasteiger charge is -2.25. The van der Waals surface area contributed by atoms with Gasteiger partial charge in [-0.3, -0.25) is 0 Å². The highest BCUT2D eigenvalue weighted by molar-refractivity contribution is 8.13. The van der Waals surface area contributed by atoms with E-state index in [1.165, 1.54) is 11.8 Å². The molecule has 0 saturated heterocycles. The zero-order valence-electron chi connectivity index (χ0n) is 13.6. The van der Waals surface area contributed by atoms with Gasteiger partial charge in [-0.15, -0.1) is 0 Å². The van der Waals surface area contributed by atoms with Gasteiger partial charge in [-0.05, 0) is 37.8 Å². The predicted molar refractivity (Wildman–Crippen MR) is 89.2 cm³/mol. The molecule has 126 valence electrons. The number of carbonyl (C=O) groups is 1. The number of hydrogen-bond donors (Lipinski definition) is 1. The van der Waals surface area contributed by atoms with Crippen molar-refractivity contribution >= 4 is 22.9 Å². The van der Waals surface area contributed by atoms with E-state index < -0.39 is 0 Å². The summed E-state index contributed by atoms with van der Waals surface area (Å²) >= 11 is 1.51. The minimum atomic E-state index is -0.367. The maximum atomic E-state index is 12.3. The third-order valence-electron chi connectivity index (χ3n) is 3.34. The molecule has 23 heavy (non-hydrogen) atoms. The zero-order chi connectivity index (χ0) is 16.1. The van der Waals surface area contributed by atoms with E-state index in [-0.39, 0.29) is 36.0 Å². The van der Waals surface area contributed by atoms with E-state index in [4.69, 9.17) is 9.47 Å². The van der Waals surface area contributed by atoms with E-state index in [0.29, 0.717) is 12.2 Å². The number of allylic oxidation sites excluding steroid dienone is 1. The second kappa shape index (κ2) is 9.17. The lowest BCUT2D eigenvalue weighted by atomic mass is 9.96. The fraction of sp³-hybridized carbons (Fsp3) is 0.375. The Balaban J connectivity index is 0.00000264. The van der Waals surface area contributed by atoms with Crippen molar-refractivity contribution in [3.8, 4) is 5.75 Å². The second-order valence-electron chi connectivity index (χ2n) is 4.70. The Labute approximate surface area is 157 Å². The lowest BCUT2D eigenvalue weighted by Crippen LogP contribution is -3.00. The third-order valence-corrected chi connectivity index (χ3v) is 3.93. The lowest BCUT2D eigenvalue weighted by molar-refractivity contribution is -0.138. The van der Waals surface area contributed by atoms with Crippen molar-refractivity contribution in [3.05, 3.63) is 41.1 Å². The summed E-state index contributed by atoms with van der Waals surface area (Å²) in [4.78, 5) is 16.9. The van der Waals surface area contributed by atoms with Crippen molar-refractivity contribution in [2.75, 3.05) is 20.0 Å². The van der Waals surface area contributed by atoms with E-state index >= 15 is 0 Å². The van der Waals surface area contributed by atoms with Crippen LogP contribution in [0.1, 0.15) is 25.5 Å². The van der Waals surface area contributed by atoms with Crippen molar-refractivity contribution in [3.63, 3.8) is 0 Å². The van der Waals surface area contributed by atoms with E-state index in [1.807, 2.05) is 37.4 Å². The summed E-state index contributed by atoms with van der Waals surface area (Å²) < 4.78 is 10.4. The van der Waals surface area contributed by atoms with Crippen LogP contribution in [0.15, 0.2) is 40.5 Å². The molecule has 2 rings (SSSR count). The van der Waals surface area contributed by atoms with Crippen molar-refractivity contribution in [2.45, 2.75) is 19.9 Å². The molecule has 0 bridgehead atoms. The van der Waals surface area contributed by atoms with E-state index in [2.05, 4.69) is 10.3 Å². The molecule has 1 aromatic carbocycles. The molecule has 1 aromatic rings. The largest absolute Gasteiger partial charge is 1.00 e. The summed E-state index contributed by atoms with van der Waals surface area (Å²) in [6.45, 7) is 4.00. The molecule has 0 amide bonds. The summed E-state index contributed by atoms with van der Waals surface area (Å²) in [5.74, 6) is 0.433. The Kier molecular flexibility index (Phi) is 7.90. The van der Waals surface area contributed by atoms with Crippen LogP contribution < -0.4 is 34.0 Å². The normalized spacial score (nSPS) is 16.9. The average Bonchev–Trinajstić information content (AvgIpc) is 2.54. The van der Waals surface area contributed by atoms with E-state index in [0.717, 1.165) is 22.2 Å². The van der Waals surface area contributed by atoms with Crippen LogP contribution in [0.2, 0.25) is 0 Å². The van der Waals surface area contributed by atoms with Crippen LogP contribution in [0, 0.1) is 0 Å². The summed E-state index contributed by atoms with van der Waals surface area (Å²) in [7, 11) is 1.62. The number of halogens is 1. The number of carbonyl (C=O) groups excluding carboxylic acids is 1. The van der Waals surface area contributed by atoms with Gasteiger partial charge in [-0.1, -0.05) is 23.9 Å². The Hall–Kier alpha value is -1.22. The first-order chi connectivity index (χ1) is 10.6. The average molecular weight is 447 g/mol. The van der Waals surface area contributed by atoms with Gasteiger partial charge in [0.1, 0.15) is 11.8 Å². The Morgan fingerprint density at radius 3 is 2.52 bits per heavy atom. The van der Waals surface area contributed by atoms with Crippen LogP contribution in [-0.4, -0.2) is 31.1 Å². The Bertz CT molecular complexity index is 614. The quantitative estimate of drug-likeness (QED) is 0.516. The van der Waals surface area contributed by atoms with Gasteiger partial charge in [0.25, 0.3) is 0 Å². The van der Waals surface area contributed by atoms with Crippen LogP contribution in [-0.2, 0) is 9.53 Å². The molecule has 1 atom stereocenters. The first kappa shape index (κ1) is 19.8. The molecule has 0 saturated carbocycles. The molecule has 1 unspecified atom stereocenters. The maximum absolute atomic E-state index is 12.3. The number of amidine groups is 1. The molecule has 1 aliphatic rings. The third kappa shape index (κ3) is 4.63. The number of ether oxygens (including phenoxy) is 2. The van der Waals surface area contributed by atoms with Gasteiger partial charge in [0.2, 0.25) is 0 Å². The number of nitrogens with zero attached hydrogens (tertiary/aromatic N) is 1. The number of rotatable bonds is 4. The van der Waals surface area contributed by atoms with Crippen molar-refractivity contribution < 1.29 is 38.2 Å². The number of benzene rings is 1. The first-order valence-corrected chi connectivity index (χ1v) is 8.23. The minimum Gasteiger partial charge on any atom is -1.00 e. The smallest absolute Gasteiger partial charge is 0.338 e. The molecule has 0 aromatic heterocycles. The van der Waals surface area contributed by atoms with Crippen molar-refractivity contribution in [2.24, 2.45) is 4.99 Å². The highest BCUT2D eigenvalue weighted by atomic mass is 127. The van der Waals surface area contributed by atoms with Crippen molar-refractivity contribution in [1.29, 1.82) is 0 Å². The summed E-state index contributed by atoms with van der Waals surface area (Å²) in [6, 6.07) is 7.20. The number of hydrogen-bond acceptors (Lipinski definition) is 6. The van der Waals surface area contributed by atoms with E-state index in [1.54, 1.807) is 14.0 Å². The van der Waals surface area contributed by atoms with Gasteiger partial charge in [0.05, 0.1) is 19.3 Å². The standard InChI is InChI=1S/C16H20N2O3S.HI/c1-5-21-15(19)13-10(2)17-16(22-4)18-14(13)11-6-8-12(20-3)9-7-11;/h6-9,14H,5H2,1-4H3,(H,17,18);1H/p-1. The summed E-state index contributed by atoms with van der Waals surface area (Å²) in [5, 5.41) is 3.93. The Morgan fingerprint density at radius 2 is 2.00 bits per heavy atom. The van der Waals surface area contributed by atoms with Crippen LogP contribution in [0.25, 0.3) is 0 Å². The number of nitrogens with one attached hydrogen (secondary N) is 1. The molecule has 0 fully saturated rings. The molecule has 0 aliphatic carbocycles. The number of aliphatic imine (C=N–C) groups is 1. The maximum Gasteiger partial charge on any atom is 0.338 e. The molecular weight excluding hydrogens is 427 g/mol. The Morgan fingerprint density at radius 1 is 1.35 bits per heavy atom. The SMILES string of the molecule is CCOC(=O)C1=C(C)NC(SC)=NC1c1ccc(OC)cc1.[I-]. The van der Waals surface area contributed by atoms with Crippen molar-refractivity contribution in [1.82, 2.24) is 5.32 Å². The molecule has 1 aliphatic heterocycles. The molecular formula is C16H20IN2O3S-. The highest BCUT2D eigenvalue weighted by Gasteiger charge is 2.30. The zero-order valence-corrected chi connectivity index (χ0v) is 16.5. The van der Waals surface area contributed by atoms with Gasteiger partial charge >= 0.3 is 5.97 Å². The molecule has 7 heteroatoms. The van der Waals surface area contributed by atoms with Gasteiger partial charge in [0.15, 0.2) is 5.17 Å². The van der Waals surface area contributed by atoms with Crippen LogP contribution >= 0.6 is 11.8 Å². The summed E-state index contributed by atoms with van der Waals surface area (Å²) in [6.07, 6.45) is 1.94. The van der Waals surface area contributed by atoms with Gasteiger partial charge in [-0.2, -0.15) is 0 Å². The van der Waals surface area contributed by atoms with Crippen LogP contribution in [0.4, 0.5) is 0 Å². The number of esters is 1. The van der Waals surface area contributed by atoms with E-state index in [9.17, 15) is 4.79 Å². The molecule has 1 heterocycles. The van der Waals surface area contributed by atoms with Gasteiger partial charge in [0, 0.05) is 5.70 Å². The second-order valence-corrected chi connectivity index (χ2v) is 5.49. The summed E-state index contributed by atoms with van der Waals surface area (Å²) in [5.41, 5.74) is 2.25. The van der Waals surface area contributed by atoms with Crippen LogP contribution in [0.5, 0.6) is 5.75 Å². The molecule has 0 radical (unpaired) electrons. The number of methoxy groups -OCH3 is 1. The molecule has 1 N–H and O–H groups in total. The first-order valence-electron chi connectivity index (χ1n) is 7.01.